The number of carbonyl (C=O) groups is 3. The number of hydrogen-bond donors (Lipinski definition) is 1. The number of benzene rings is 3. The molecule has 0 atom stereocenters. The molecule has 0 spiro atoms. The number of imide groups is 1. The van der Waals surface area contributed by atoms with Gasteiger partial charge in [-0.1, -0.05) is 29.8 Å². The molecular weight excluding hydrogens is 352 g/mol. The normalized spacial score (nSPS) is 13.2. The van der Waals surface area contributed by atoms with Crippen LogP contribution in [0.4, 0.5) is 11.4 Å². The van der Waals surface area contributed by atoms with Gasteiger partial charge in [0, 0.05) is 28.6 Å². The topological polar surface area (TPSA) is 66.5 Å². The Morgan fingerprint density at radius 3 is 2.42 bits per heavy atom. The first kappa shape index (κ1) is 16.3. The summed E-state index contributed by atoms with van der Waals surface area (Å²) in [5, 5.41) is 4.44. The SMILES string of the molecule is CC(=O)Nc1cc2c3c(cccc3c1)C(=O)N(c1cccc(Cl)c1)C2=O. The van der Waals surface area contributed by atoms with Crippen LogP contribution in [0, 0.1) is 0 Å². The Bertz CT molecular complexity index is 1110. The van der Waals surface area contributed by atoms with Crippen LogP contribution in [-0.4, -0.2) is 17.7 Å². The molecular formula is C20H13ClN2O3. The van der Waals surface area contributed by atoms with Gasteiger partial charge in [0.2, 0.25) is 5.91 Å². The van der Waals surface area contributed by atoms with E-state index in [9.17, 15) is 14.4 Å². The second-order valence-corrected chi connectivity index (χ2v) is 6.47. The predicted octanol–water partition coefficient (Wildman–Crippen LogP) is 4.25. The van der Waals surface area contributed by atoms with Crippen molar-refractivity contribution in [2.45, 2.75) is 6.92 Å². The average Bonchev–Trinajstić information content (AvgIpc) is 2.59. The lowest BCUT2D eigenvalue weighted by Gasteiger charge is -2.27. The minimum atomic E-state index is -0.451. The zero-order valence-electron chi connectivity index (χ0n) is 13.7. The largest absolute Gasteiger partial charge is 0.326 e. The van der Waals surface area contributed by atoms with E-state index in [2.05, 4.69) is 5.32 Å². The molecule has 26 heavy (non-hydrogen) atoms. The van der Waals surface area contributed by atoms with Crippen LogP contribution < -0.4 is 10.2 Å². The van der Waals surface area contributed by atoms with Crippen LogP contribution in [0.1, 0.15) is 27.6 Å². The van der Waals surface area contributed by atoms with Gasteiger partial charge < -0.3 is 5.32 Å². The molecule has 0 saturated carbocycles. The van der Waals surface area contributed by atoms with Crippen LogP contribution in [0.2, 0.25) is 5.02 Å². The van der Waals surface area contributed by atoms with E-state index in [1.54, 1.807) is 48.5 Å². The molecule has 1 aliphatic heterocycles. The fraction of sp³-hybridized carbons (Fsp3) is 0.0500. The Morgan fingerprint density at radius 2 is 1.69 bits per heavy atom. The molecule has 0 aliphatic carbocycles. The van der Waals surface area contributed by atoms with E-state index in [1.807, 2.05) is 6.07 Å². The maximum Gasteiger partial charge on any atom is 0.266 e. The van der Waals surface area contributed by atoms with Gasteiger partial charge in [0.1, 0.15) is 0 Å². The number of nitrogens with zero attached hydrogens (tertiary/aromatic N) is 1. The molecule has 0 fully saturated rings. The molecule has 6 heteroatoms. The first-order chi connectivity index (χ1) is 12.5. The highest BCUT2D eigenvalue weighted by Crippen LogP contribution is 2.35. The van der Waals surface area contributed by atoms with Crippen LogP contribution in [0.5, 0.6) is 0 Å². The number of hydrogen-bond acceptors (Lipinski definition) is 3. The van der Waals surface area contributed by atoms with Gasteiger partial charge in [-0.25, -0.2) is 4.90 Å². The maximum atomic E-state index is 13.1. The van der Waals surface area contributed by atoms with Gasteiger partial charge in [-0.3, -0.25) is 14.4 Å². The first-order valence-corrected chi connectivity index (χ1v) is 8.32. The fourth-order valence-electron chi connectivity index (χ4n) is 3.23. The van der Waals surface area contributed by atoms with E-state index < -0.39 is 11.8 Å². The van der Waals surface area contributed by atoms with Crippen molar-refractivity contribution in [2.75, 3.05) is 10.2 Å². The summed E-state index contributed by atoms with van der Waals surface area (Å²) in [7, 11) is 0. The van der Waals surface area contributed by atoms with E-state index in [4.69, 9.17) is 11.6 Å². The van der Waals surface area contributed by atoms with Crippen molar-refractivity contribution >= 4 is 51.5 Å². The Morgan fingerprint density at radius 1 is 0.962 bits per heavy atom. The molecule has 4 rings (SSSR count). The Labute approximate surface area is 154 Å². The van der Waals surface area contributed by atoms with Crippen molar-refractivity contribution in [3.8, 4) is 0 Å². The third-order valence-corrected chi connectivity index (χ3v) is 4.47. The lowest BCUT2D eigenvalue weighted by Crippen LogP contribution is -2.40. The minimum Gasteiger partial charge on any atom is -0.326 e. The highest BCUT2D eigenvalue weighted by Gasteiger charge is 2.34. The van der Waals surface area contributed by atoms with E-state index in [0.29, 0.717) is 32.9 Å². The summed E-state index contributed by atoms with van der Waals surface area (Å²) >= 11 is 6.03. The highest BCUT2D eigenvalue weighted by molar-refractivity contribution is 6.37. The van der Waals surface area contributed by atoms with E-state index >= 15 is 0 Å². The lowest BCUT2D eigenvalue weighted by atomic mass is 9.93. The summed E-state index contributed by atoms with van der Waals surface area (Å²) in [5.74, 6) is -1.09. The first-order valence-electron chi connectivity index (χ1n) is 7.94. The number of halogens is 1. The second kappa shape index (κ2) is 5.97. The lowest BCUT2D eigenvalue weighted by molar-refractivity contribution is -0.114. The number of anilines is 2. The highest BCUT2D eigenvalue weighted by atomic mass is 35.5. The molecule has 1 heterocycles. The summed E-state index contributed by atoms with van der Waals surface area (Å²) in [4.78, 5) is 38.6. The number of nitrogens with one attached hydrogen (secondary N) is 1. The number of carbonyl (C=O) groups excluding carboxylic acids is 3. The van der Waals surface area contributed by atoms with Crippen molar-refractivity contribution in [1.29, 1.82) is 0 Å². The van der Waals surface area contributed by atoms with Crippen LogP contribution in [0.15, 0.2) is 54.6 Å². The standard InChI is InChI=1S/C20H13ClN2O3/c1-11(24)22-14-8-12-4-2-7-16-18(12)17(10-14)20(26)23(19(16)25)15-6-3-5-13(21)9-15/h2-10H,1H3,(H,22,24). The quantitative estimate of drug-likeness (QED) is 0.691. The molecule has 128 valence electrons. The van der Waals surface area contributed by atoms with Gasteiger partial charge in [-0.05, 0) is 41.8 Å². The molecule has 3 aromatic rings. The maximum absolute atomic E-state index is 13.1. The molecule has 0 bridgehead atoms. The van der Waals surface area contributed by atoms with Crippen molar-refractivity contribution in [3.05, 3.63) is 70.7 Å². The number of amides is 3. The number of rotatable bonds is 2. The van der Waals surface area contributed by atoms with Gasteiger partial charge in [0.05, 0.1) is 11.3 Å². The molecule has 1 aliphatic rings. The van der Waals surface area contributed by atoms with Crippen LogP contribution in [0.25, 0.3) is 10.8 Å². The monoisotopic (exact) mass is 364 g/mol. The minimum absolute atomic E-state index is 0.237. The van der Waals surface area contributed by atoms with Crippen molar-refractivity contribution in [3.63, 3.8) is 0 Å². The van der Waals surface area contributed by atoms with Gasteiger partial charge in [-0.15, -0.1) is 0 Å². The molecule has 5 nitrogen and oxygen atoms in total. The van der Waals surface area contributed by atoms with Crippen molar-refractivity contribution in [2.24, 2.45) is 0 Å². The molecule has 0 unspecified atom stereocenters. The van der Waals surface area contributed by atoms with Crippen LogP contribution in [0.3, 0.4) is 0 Å². The molecule has 0 radical (unpaired) electrons. The zero-order chi connectivity index (χ0) is 18.4. The molecule has 0 aromatic heterocycles. The van der Waals surface area contributed by atoms with Gasteiger partial charge in [-0.2, -0.15) is 0 Å². The average molecular weight is 365 g/mol. The fourth-order valence-corrected chi connectivity index (χ4v) is 3.42. The Balaban J connectivity index is 1.96. The summed E-state index contributed by atoms with van der Waals surface area (Å²) in [6, 6.07) is 15.2. The Hall–Kier alpha value is -3.18. The molecule has 3 amide bonds. The summed E-state index contributed by atoms with van der Waals surface area (Å²) in [6.45, 7) is 1.40. The molecule has 3 aromatic carbocycles. The third kappa shape index (κ3) is 2.53. The van der Waals surface area contributed by atoms with Gasteiger partial charge >= 0.3 is 0 Å². The van der Waals surface area contributed by atoms with Crippen molar-refractivity contribution < 1.29 is 14.4 Å². The Kier molecular flexibility index (Phi) is 3.74. The summed E-state index contributed by atoms with van der Waals surface area (Å²) in [5.41, 5.74) is 1.71. The van der Waals surface area contributed by atoms with E-state index in [-0.39, 0.29) is 5.91 Å². The smallest absolute Gasteiger partial charge is 0.266 e. The summed E-state index contributed by atoms with van der Waals surface area (Å²) in [6.07, 6.45) is 0. The van der Waals surface area contributed by atoms with Gasteiger partial charge in [0.15, 0.2) is 0 Å². The second-order valence-electron chi connectivity index (χ2n) is 6.03. The third-order valence-electron chi connectivity index (χ3n) is 4.23. The van der Waals surface area contributed by atoms with Crippen LogP contribution >= 0.6 is 11.6 Å². The van der Waals surface area contributed by atoms with E-state index in [1.165, 1.54) is 6.92 Å². The van der Waals surface area contributed by atoms with Crippen molar-refractivity contribution in [1.82, 2.24) is 0 Å². The molecule has 1 N–H and O–H groups in total. The molecule has 0 saturated heterocycles. The van der Waals surface area contributed by atoms with Crippen LogP contribution in [-0.2, 0) is 4.79 Å². The van der Waals surface area contributed by atoms with E-state index in [0.717, 1.165) is 10.3 Å². The van der Waals surface area contributed by atoms with Gasteiger partial charge in [0.25, 0.3) is 11.8 Å². The predicted molar refractivity (Wildman–Crippen MR) is 101 cm³/mol. The summed E-state index contributed by atoms with van der Waals surface area (Å²) < 4.78 is 0. The zero-order valence-corrected chi connectivity index (χ0v) is 14.5.